The smallest absolute Gasteiger partial charge is 0.330 e. The SMILES string of the molecule is COc1cc([N+](=O)[O-])ccc1C(=O)NNC(N)=O. The number of primary amides is 1. The molecule has 18 heavy (non-hydrogen) atoms. The van der Waals surface area contributed by atoms with Crippen molar-refractivity contribution in [3.05, 3.63) is 33.9 Å². The molecule has 9 nitrogen and oxygen atoms in total. The van der Waals surface area contributed by atoms with Crippen molar-refractivity contribution in [3.8, 4) is 5.75 Å². The molecule has 1 aromatic rings. The fraction of sp³-hybridized carbons (Fsp3) is 0.111. The second kappa shape index (κ2) is 5.48. The maximum Gasteiger partial charge on any atom is 0.330 e. The number of non-ortho nitro benzene ring substituents is 1. The zero-order valence-corrected chi connectivity index (χ0v) is 9.30. The van der Waals surface area contributed by atoms with Gasteiger partial charge in [-0.15, -0.1) is 0 Å². The van der Waals surface area contributed by atoms with E-state index in [1.165, 1.54) is 13.2 Å². The number of nitrogens with zero attached hydrogens (tertiary/aromatic N) is 1. The number of urea groups is 1. The Labute approximate surface area is 101 Å². The van der Waals surface area contributed by atoms with Gasteiger partial charge in [-0.2, -0.15) is 0 Å². The summed E-state index contributed by atoms with van der Waals surface area (Å²) in [5, 5.41) is 10.5. The molecule has 0 unspecified atom stereocenters. The number of benzene rings is 1. The van der Waals surface area contributed by atoms with E-state index in [1.807, 2.05) is 10.9 Å². The van der Waals surface area contributed by atoms with Gasteiger partial charge < -0.3 is 10.5 Å². The summed E-state index contributed by atoms with van der Waals surface area (Å²) in [6.07, 6.45) is 0. The number of carbonyl (C=O) groups is 2. The van der Waals surface area contributed by atoms with Crippen molar-refractivity contribution in [1.29, 1.82) is 0 Å². The van der Waals surface area contributed by atoms with Crippen LogP contribution in [0.15, 0.2) is 18.2 Å². The van der Waals surface area contributed by atoms with Crippen molar-refractivity contribution in [1.82, 2.24) is 10.9 Å². The summed E-state index contributed by atoms with van der Waals surface area (Å²) in [4.78, 5) is 31.9. The van der Waals surface area contributed by atoms with Crippen molar-refractivity contribution >= 4 is 17.6 Å². The molecule has 0 radical (unpaired) electrons. The zero-order chi connectivity index (χ0) is 13.7. The highest BCUT2D eigenvalue weighted by Gasteiger charge is 2.16. The Kier molecular flexibility index (Phi) is 4.02. The monoisotopic (exact) mass is 254 g/mol. The lowest BCUT2D eigenvalue weighted by atomic mass is 10.1. The van der Waals surface area contributed by atoms with Crippen LogP contribution in [-0.4, -0.2) is 24.0 Å². The molecule has 0 saturated heterocycles. The largest absolute Gasteiger partial charge is 0.496 e. The fourth-order valence-electron chi connectivity index (χ4n) is 1.17. The number of rotatable bonds is 3. The topological polar surface area (TPSA) is 137 Å². The third-order valence-electron chi connectivity index (χ3n) is 1.94. The van der Waals surface area contributed by atoms with E-state index < -0.39 is 16.9 Å². The van der Waals surface area contributed by atoms with E-state index in [0.717, 1.165) is 12.1 Å². The van der Waals surface area contributed by atoms with Crippen LogP contribution in [0.4, 0.5) is 10.5 Å². The van der Waals surface area contributed by atoms with Crippen LogP contribution in [0.5, 0.6) is 5.75 Å². The van der Waals surface area contributed by atoms with Crippen LogP contribution in [0.1, 0.15) is 10.4 Å². The molecule has 4 N–H and O–H groups in total. The first kappa shape index (κ1) is 13.2. The molecule has 1 aromatic carbocycles. The summed E-state index contributed by atoms with van der Waals surface area (Å²) in [7, 11) is 1.26. The van der Waals surface area contributed by atoms with Crippen LogP contribution in [-0.2, 0) is 0 Å². The molecule has 0 atom stereocenters. The van der Waals surface area contributed by atoms with Crippen LogP contribution in [0.25, 0.3) is 0 Å². The van der Waals surface area contributed by atoms with E-state index in [9.17, 15) is 19.7 Å². The third kappa shape index (κ3) is 3.07. The first-order chi connectivity index (χ1) is 8.45. The second-order valence-electron chi connectivity index (χ2n) is 3.09. The van der Waals surface area contributed by atoms with Crippen molar-refractivity contribution in [2.75, 3.05) is 7.11 Å². The summed E-state index contributed by atoms with van der Waals surface area (Å²) in [5.74, 6) is -0.700. The van der Waals surface area contributed by atoms with Gasteiger partial charge in [0.1, 0.15) is 5.75 Å². The predicted molar refractivity (Wildman–Crippen MR) is 59.8 cm³/mol. The highest BCUT2D eigenvalue weighted by molar-refractivity contribution is 5.98. The van der Waals surface area contributed by atoms with Crippen molar-refractivity contribution in [2.45, 2.75) is 0 Å². The van der Waals surface area contributed by atoms with Gasteiger partial charge >= 0.3 is 6.03 Å². The van der Waals surface area contributed by atoms with Crippen LogP contribution in [0.2, 0.25) is 0 Å². The normalized spacial score (nSPS) is 9.39. The molecule has 0 heterocycles. The Balaban J connectivity index is 2.98. The first-order valence-electron chi connectivity index (χ1n) is 4.64. The quantitative estimate of drug-likeness (QED) is 0.511. The first-order valence-corrected chi connectivity index (χ1v) is 4.64. The van der Waals surface area contributed by atoms with Crippen molar-refractivity contribution < 1.29 is 19.2 Å². The number of hydrazine groups is 1. The molecular formula is C9H10N4O5. The Morgan fingerprint density at radius 1 is 1.39 bits per heavy atom. The highest BCUT2D eigenvalue weighted by Crippen LogP contribution is 2.24. The molecule has 0 bridgehead atoms. The Morgan fingerprint density at radius 2 is 2.06 bits per heavy atom. The van der Waals surface area contributed by atoms with E-state index in [-0.39, 0.29) is 17.0 Å². The van der Waals surface area contributed by atoms with Crippen LogP contribution >= 0.6 is 0 Å². The number of methoxy groups -OCH3 is 1. The van der Waals surface area contributed by atoms with Gasteiger partial charge in [0, 0.05) is 6.07 Å². The minimum atomic E-state index is -0.941. The van der Waals surface area contributed by atoms with Gasteiger partial charge in [-0.3, -0.25) is 20.3 Å². The van der Waals surface area contributed by atoms with E-state index in [2.05, 4.69) is 0 Å². The lowest BCUT2D eigenvalue weighted by molar-refractivity contribution is -0.384. The molecule has 96 valence electrons. The molecule has 0 aromatic heterocycles. The molecule has 0 aliphatic carbocycles. The van der Waals surface area contributed by atoms with Crippen molar-refractivity contribution in [3.63, 3.8) is 0 Å². The van der Waals surface area contributed by atoms with Crippen molar-refractivity contribution in [2.24, 2.45) is 5.73 Å². The summed E-state index contributed by atoms with van der Waals surface area (Å²) < 4.78 is 4.85. The van der Waals surface area contributed by atoms with E-state index in [0.29, 0.717) is 0 Å². The van der Waals surface area contributed by atoms with Gasteiger partial charge in [0.15, 0.2) is 0 Å². The van der Waals surface area contributed by atoms with E-state index in [4.69, 9.17) is 10.5 Å². The standard InChI is InChI=1S/C9H10N4O5/c1-18-7-4-5(13(16)17)2-3-6(7)8(14)11-12-9(10)15/h2-4H,1H3,(H,11,14)(H3,10,12,15). The number of nitrogens with one attached hydrogen (secondary N) is 2. The molecule has 0 saturated carbocycles. The molecule has 3 amide bonds. The summed E-state index contributed by atoms with van der Waals surface area (Å²) >= 11 is 0. The lowest BCUT2D eigenvalue weighted by Crippen LogP contribution is -2.44. The van der Waals surface area contributed by atoms with Gasteiger partial charge in [-0.05, 0) is 6.07 Å². The minimum Gasteiger partial charge on any atom is -0.496 e. The molecular weight excluding hydrogens is 244 g/mol. The average molecular weight is 254 g/mol. The van der Waals surface area contributed by atoms with Gasteiger partial charge in [0.2, 0.25) is 0 Å². The molecule has 0 aliphatic heterocycles. The number of amides is 3. The number of hydrogen-bond donors (Lipinski definition) is 3. The number of ether oxygens (including phenoxy) is 1. The number of carbonyl (C=O) groups excluding carboxylic acids is 2. The Bertz CT molecular complexity index is 502. The Hall–Kier alpha value is -2.84. The predicted octanol–water partition coefficient (Wildman–Crippen LogP) is -0.0835. The number of nitrogens with two attached hydrogens (primary N) is 1. The Morgan fingerprint density at radius 3 is 2.56 bits per heavy atom. The maximum atomic E-state index is 11.6. The summed E-state index contributed by atoms with van der Waals surface area (Å²) in [6.45, 7) is 0. The summed E-state index contributed by atoms with van der Waals surface area (Å²) in [6, 6.07) is 2.50. The lowest BCUT2D eigenvalue weighted by Gasteiger charge is -2.08. The van der Waals surface area contributed by atoms with Gasteiger partial charge in [-0.1, -0.05) is 0 Å². The fourth-order valence-corrected chi connectivity index (χ4v) is 1.17. The number of nitro groups is 1. The van der Waals surface area contributed by atoms with Crippen LogP contribution in [0.3, 0.4) is 0 Å². The minimum absolute atomic E-state index is 0.00738. The van der Waals surface area contributed by atoms with Gasteiger partial charge in [0.25, 0.3) is 11.6 Å². The molecule has 0 spiro atoms. The molecule has 0 fully saturated rings. The third-order valence-corrected chi connectivity index (χ3v) is 1.94. The average Bonchev–Trinajstić information content (AvgIpc) is 2.34. The zero-order valence-electron chi connectivity index (χ0n) is 9.30. The summed E-state index contributed by atoms with van der Waals surface area (Å²) in [5.41, 5.74) is 8.47. The van der Waals surface area contributed by atoms with Crippen LogP contribution in [0, 0.1) is 10.1 Å². The van der Waals surface area contributed by atoms with E-state index in [1.54, 1.807) is 0 Å². The number of hydrogen-bond acceptors (Lipinski definition) is 5. The highest BCUT2D eigenvalue weighted by atomic mass is 16.6. The second-order valence-corrected chi connectivity index (χ2v) is 3.09. The molecule has 9 heteroatoms. The molecule has 1 rings (SSSR count). The number of nitro benzene ring substituents is 1. The maximum absolute atomic E-state index is 11.6. The van der Waals surface area contributed by atoms with Crippen LogP contribution < -0.4 is 21.3 Å². The van der Waals surface area contributed by atoms with Gasteiger partial charge in [-0.25, -0.2) is 10.2 Å². The van der Waals surface area contributed by atoms with E-state index >= 15 is 0 Å². The molecule has 0 aliphatic rings. The van der Waals surface area contributed by atoms with Gasteiger partial charge in [0.05, 0.1) is 23.7 Å².